The maximum Gasteiger partial charge on any atom is 0.241 e. The van der Waals surface area contributed by atoms with Crippen LogP contribution in [0, 0.1) is 11.3 Å². The number of benzene rings is 1. The normalized spacial score (nSPS) is 19.3. The molecule has 2 N–H and O–H groups in total. The number of rotatable bonds is 4. The lowest BCUT2D eigenvalue weighted by molar-refractivity contribution is -0.120. The molecule has 10 heteroatoms. The molecule has 0 spiro atoms. The van der Waals surface area contributed by atoms with Crippen molar-refractivity contribution in [3.05, 3.63) is 47.7 Å². The molecule has 1 amide bonds. The van der Waals surface area contributed by atoms with E-state index in [2.05, 4.69) is 20.9 Å². The summed E-state index contributed by atoms with van der Waals surface area (Å²) >= 11 is 0. The van der Waals surface area contributed by atoms with Gasteiger partial charge in [-0.05, 0) is 55.7 Å². The van der Waals surface area contributed by atoms with Gasteiger partial charge in [-0.15, -0.1) is 0 Å². The van der Waals surface area contributed by atoms with Crippen molar-refractivity contribution in [1.82, 2.24) is 9.88 Å². The molecule has 2 aliphatic rings. The number of nitriles is 1. The molecule has 168 valence electrons. The summed E-state index contributed by atoms with van der Waals surface area (Å²) in [5.41, 5.74) is 2.12. The molecule has 1 fully saturated rings. The van der Waals surface area contributed by atoms with E-state index in [1.165, 1.54) is 6.07 Å². The van der Waals surface area contributed by atoms with Crippen LogP contribution in [0.2, 0.25) is 0 Å². The van der Waals surface area contributed by atoms with Gasteiger partial charge in [0.1, 0.15) is 11.9 Å². The third-order valence-electron chi connectivity index (χ3n) is 6.02. The lowest BCUT2D eigenvalue weighted by Crippen LogP contribution is -2.44. The third kappa shape index (κ3) is 4.46. The van der Waals surface area contributed by atoms with Gasteiger partial charge in [-0.25, -0.2) is 18.5 Å². The predicted octanol–water partition coefficient (Wildman–Crippen LogP) is 1.09. The van der Waals surface area contributed by atoms with E-state index in [1.807, 2.05) is 6.92 Å². The number of anilines is 2. The van der Waals surface area contributed by atoms with E-state index in [9.17, 15) is 18.5 Å². The number of sulfonamides is 1. The summed E-state index contributed by atoms with van der Waals surface area (Å²) in [6.07, 6.45) is 3.14. The second-order valence-corrected chi connectivity index (χ2v) is 9.82. The maximum absolute atomic E-state index is 13.2. The number of hydrogen-bond donors (Lipinski definition) is 1. The van der Waals surface area contributed by atoms with E-state index in [0.717, 1.165) is 30.8 Å². The van der Waals surface area contributed by atoms with Crippen LogP contribution in [-0.4, -0.2) is 63.0 Å². The molecule has 2 aliphatic heterocycles. The second-order valence-electron chi connectivity index (χ2n) is 8.26. The predicted molar refractivity (Wildman–Crippen MR) is 121 cm³/mol. The minimum absolute atomic E-state index is 0.0106. The fourth-order valence-corrected chi connectivity index (χ4v) is 5.07. The Morgan fingerprint density at radius 1 is 1.25 bits per heavy atom. The van der Waals surface area contributed by atoms with E-state index in [4.69, 9.17) is 5.14 Å². The molecule has 3 heterocycles. The number of amides is 1. The second kappa shape index (κ2) is 8.86. The van der Waals surface area contributed by atoms with Crippen LogP contribution in [0.5, 0.6) is 0 Å². The zero-order chi connectivity index (χ0) is 22.9. The van der Waals surface area contributed by atoms with Gasteiger partial charge in [0.2, 0.25) is 15.9 Å². The molecule has 0 bridgehead atoms. The van der Waals surface area contributed by atoms with Gasteiger partial charge in [-0.2, -0.15) is 5.26 Å². The number of nitrogens with zero attached hydrogens (tertiary/aromatic N) is 5. The van der Waals surface area contributed by atoms with Crippen molar-refractivity contribution in [2.45, 2.75) is 30.7 Å². The topological polar surface area (TPSA) is 124 Å². The van der Waals surface area contributed by atoms with Gasteiger partial charge >= 0.3 is 0 Å². The Hall–Kier alpha value is -3.00. The van der Waals surface area contributed by atoms with E-state index in [-0.39, 0.29) is 23.4 Å². The first kappa shape index (κ1) is 22.2. The molecule has 1 atom stereocenters. The maximum atomic E-state index is 13.2. The largest absolute Gasteiger partial charge is 0.354 e. The highest BCUT2D eigenvalue weighted by atomic mass is 32.2. The van der Waals surface area contributed by atoms with Gasteiger partial charge in [-0.1, -0.05) is 0 Å². The van der Waals surface area contributed by atoms with Gasteiger partial charge in [0.05, 0.1) is 17.0 Å². The summed E-state index contributed by atoms with van der Waals surface area (Å²) in [6, 6.07) is 10.4. The fraction of sp³-hybridized carbons (Fsp3) is 0.409. The summed E-state index contributed by atoms with van der Waals surface area (Å²) in [4.78, 5) is 23.6. The van der Waals surface area contributed by atoms with E-state index >= 15 is 0 Å². The minimum Gasteiger partial charge on any atom is -0.354 e. The van der Waals surface area contributed by atoms with Crippen LogP contribution in [0.15, 0.2) is 41.4 Å². The zero-order valence-electron chi connectivity index (χ0n) is 17.9. The highest BCUT2D eigenvalue weighted by Gasteiger charge is 2.32. The van der Waals surface area contributed by atoms with Crippen LogP contribution in [0.25, 0.3) is 0 Å². The first-order valence-corrected chi connectivity index (χ1v) is 12.1. The Morgan fingerprint density at radius 2 is 2.06 bits per heavy atom. The molecule has 0 aliphatic carbocycles. The molecule has 0 radical (unpaired) electrons. The van der Waals surface area contributed by atoms with Crippen LogP contribution in [0.3, 0.4) is 0 Å². The lowest BCUT2D eigenvalue weighted by atomic mass is 10.1. The molecular weight excluding hydrogens is 428 g/mol. The van der Waals surface area contributed by atoms with Crippen molar-refractivity contribution in [3.8, 4) is 6.07 Å². The monoisotopic (exact) mass is 454 g/mol. The standard InChI is InChI=1S/C22H26N6O3S/c1-16-12-18-13-19(32(24,30)31)5-6-20(18)28(16)21(29)15-26-8-3-9-27(11-10-26)22-17(14-23)4-2-7-25-22/h2,4-7,13,16H,3,8-12,15H2,1H3,(H2,24,30,31). The third-order valence-corrected chi connectivity index (χ3v) is 6.93. The molecule has 32 heavy (non-hydrogen) atoms. The number of aromatic nitrogens is 1. The van der Waals surface area contributed by atoms with E-state index in [0.29, 0.717) is 30.9 Å². The first-order chi connectivity index (χ1) is 15.3. The number of primary sulfonamides is 1. The molecule has 1 aromatic carbocycles. The van der Waals surface area contributed by atoms with Gasteiger partial charge in [0.25, 0.3) is 0 Å². The Bertz CT molecular complexity index is 1180. The number of pyridine rings is 1. The van der Waals surface area contributed by atoms with Gasteiger partial charge in [0.15, 0.2) is 0 Å². The number of hydrogen-bond acceptors (Lipinski definition) is 7. The average molecular weight is 455 g/mol. The van der Waals surface area contributed by atoms with Crippen LogP contribution in [0.4, 0.5) is 11.5 Å². The minimum atomic E-state index is -3.78. The van der Waals surface area contributed by atoms with Crippen molar-refractivity contribution in [1.29, 1.82) is 5.26 Å². The molecule has 0 saturated carbocycles. The smallest absolute Gasteiger partial charge is 0.241 e. The fourth-order valence-electron chi connectivity index (χ4n) is 4.51. The van der Waals surface area contributed by atoms with Crippen molar-refractivity contribution in [3.63, 3.8) is 0 Å². The van der Waals surface area contributed by atoms with Gasteiger partial charge in [0, 0.05) is 44.1 Å². The summed E-state index contributed by atoms with van der Waals surface area (Å²) in [5.74, 6) is 0.680. The van der Waals surface area contributed by atoms with Crippen LogP contribution >= 0.6 is 0 Å². The Kier molecular flexibility index (Phi) is 6.15. The van der Waals surface area contributed by atoms with Crippen LogP contribution in [-0.2, 0) is 21.2 Å². The number of nitrogens with two attached hydrogens (primary N) is 1. The Morgan fingerprint density at radius 3 is 2.81 bits per heavy atom. The number of carbonyl (C=O) groups excluding carboxylic acids is 1. The van der Waals surface area contributed by atoms with Crippen LogP contribution in [0.1, 0.15) is 24.5 Å². The molecule has 2 aromatic rings. The van der Waals surface area contributed by atoms with Gasteiger partial charge < -0.3 is 9.80 Å². The highest BCUT2D eigenvalue weighted by molar-refractivity contribution is 7.89. The van der Waals surface area contributed by atoms with Crippen LogP contribution < -0.4 is 14.9 Å². The van der Waals surface area contributed by atoms with Crippen molar-refractivity contribution < 1.29 is 13.2 Å². The summed E-state index contributed by atoms with van der Waals surface area (Å²) in [6.45, 7) is 5.16. The van der Waals surface area contributed by atoms with Crippen molar-refractivity contribution in [2.24, 2.45) is 5.14 Å². The molecule has 1 unspecified atom stereocenters. The van der Waals surface area contributed by atoms with E-state index < -0.39 is 10.0 Å². The molecular formula is C22H26N6O3S. The zero-order valence-corrected chi connectivity index (χ0v) is 18.8. The van der Waals surface area contributed by atoms with Gasteiger partial charge in [-0.3, -0.25) is 9.69 Å². The quantitative estimate of drug-likeness (QED) is 0.733. The van der Waals surface area contributed by atoms with E-state index in [1.54, 1.807) is 35.4 Å². The Labute approximate surface area is 188 Å². The SMILES string of the molecule is CC1Cc2cc(S(N)(=O)=O)ccc2N1C(=O)CN1CCCN(c2ncccc2C#N)CC1. The molecule has 1 saturated heterocycles. The molecule has 1 aromatic heterocycles. The van der Waals surface area contributed by atoms with Crippen molar-refractivity contribution in [2.75, 3.05) is 42.5 Å². The highest BCUT2D eigenvalue weighted by Crippen LogP contribution is 2.34. The summed E-state index contributed by atoms with van der Waals surface area (Å²) < 4.78 is 23.3. The summed E-state index contributed by atoms with van der Waals surface area (Å²) in [5, 5.41) is 14.6. The van der Waals surface area contributed by atoms with Crippen molar-refractivity contribution >= 4 is 27.4 Å². The molecule has 4 rings (SSSR count). The first-order valence-electron chi connectivity index (χ1n) is 10.6. The number of fused-ring (bicyclic) bond motifs is 1. The molecule has 9 nitrogen and oxygen atoms in total. The lowest BCUT2D eigenvalue weighted by Gasteiger charge is -2.27. The Balaban J connectivity index is 1.44. The average Bonchev–Trinajstić information content (AvgIpc) is 2.92. The summed E-state index contributed by atoms with van der Waals surface area (Å²) in [7, 11) is -3.78. The number of carbonyl (C=O) groups is 1.